The Bertz CT molecular complexity index is 751. The molecule has 1 heterocycles. The van der Waals surface area contributed by atoms with E-state index in [2.05, 4.69) is 32.7 Å². The lowest BCUT2D eigenvalue weighted by Gasteiger charge is -2.27. The van der Waals surface area contributed by atoms with Gasteiger partial charge in [0.2, 0.25) is 5.95 Å². The number of nitrogens with two attached hydrogens (primary N) is 1. The lowest BCUT2D eigenvalue weighted by molar-refractivity contribution is 0.100. The van der Waals surface area contributed by atoms with Gasteiger partial charge >= 0.3 is 0 Å². The standard InChI is InChI=1S/C18H21N5O/c19-16(24)15-10-20-18(23-17(15)21-13-2-1-3-13)22-14-8-6-12(7-9-14)11-4-5-11/h6-11,13H,1-5H2,(H2,19,24)(H2,20,21,22,23). The number of hydrogen-bond donors (Lipinski definition) is 3. The Balaban J connectivity index is 1.53. The van der Waals surface area contributed by atoms with Crippen LogP contribution in [0.15, 0.2) is 30.5 Å². The molecule has 0 spiro atoms. The zero-order valence-corrected chi connectivity index (χ0v) is 13.5. The van der Waals surface area contributed by atoms with Gasteiger partial charge in [-0.2, -0.15) is 4.98 Å². The van der Waals surface area contributed by atoms with Crippen LogP contribution in [0.5, 0.6) is 0 Å². The van der Waals surface area contributed by atoms with Gasteiger partial charge in [-0.05, 0) is 55.7 Å². The number of nitrogens with zero attached hydrogens (tertiary/aromatic N) is 2. The largest absolute Gasteiger partial charge is 0.367 e. The highest BCUT2D eigenvalue weighted by Gasteiger charge is 2.23. The average molecular weight is 323 g/mol. The molecule has 0 radical (unpaired) electrons. The van der Waals surface area contributed by atoms with Gasteiger partial charge in [0.15, 0.2) is 0 Å². The molecule has 1 aromatic carbocycles. The van der Waals surface area contributed by atoms with Gasteiger partial charge in [0.05, 0.1) is 5.56 Å². The molecule has 124 valence electrons. The second-order valence-corrected chi connectivity index (χ2v) is 6.61. The van der Waals surface area contributed by atoms with Crippen molar-refractivity contribution >= 4 is 23.4 Å². The summed E-state index contributed by atoms with van der Waals surface area (Å²) in [5.74, 6) is 1.20. The predicted molar refractivity (Wildman–Crippen MR) is 93.5 cm³/mol. The van der Waals surface area contributed by atoms with Gasteiger partial charge in [-0.25, -0.2) is 4.98 Å². The van der Waals surface area contributed by atoms with Crippen LogP contribution in [0, 0.1) is 0 Å². The number of benzene rings is 1. The van der Waals surface area contributed by atoms with Crippen LogP contribution < -0.4 is 16.4 Å². The Morgan fingerprint density at radius 3 is 2.46 bits per heavy atom. The van der Waals surface area contributed by atoms with Crippen molar-refractivity contribution in [2.75, 3.05) is 10.6 Å². The Morgan fingerprint density at radius 1 is 1.12 bits per heavy atom. The van der Waals surface area contributed by atoms with Crippen LogP contribution in [-0.4, -0.2) is 21.9 Å². The second-order valence-electron chi connectivity index (χ2n) is 6.61. The van der Waals surface area contributed by atoms with Gasteiger partial charge in [0.1, 0.15) is 5.82 Å². The SMILES string of the molecule is NC(=O)c1cnc(Nc2ccc(C3CC3)cc2)nc1NC1CCC1. The highest BCUT2D eigenvalue weighted by atomic mass is 16.1. The van der Waals surface area contributed by atoms with E-state index >= 15 is 0 Å². The average Bonchev–Trinajstić information content (AvgIpc) is 3.36. The van der Waals surface area contributed by atoms with Gasteiger partial charge in [0.25, 0.3) is 5.91 Å². The summed E-state index contributed by atoms with van der Waals surface area (Å²) in [6.07, 6.45) is 7.45. The molecule has 0 saturated heterocycles. The Morgan fingerprint density at radius 2 is 1.88 bits per heavy atom. The molecule has 6 nitrogen and oxygen atoms in total. The zero-order valence-electron chi connectivity index (χ0n) is 13.5. The summed E-state index contributed by atoms with van der Waals surface area (Å²) in [5.41, 5.74) is 8.07. The molecule has 2 fully saturated rings. The quantitative estimate of drug-likeness (QED) is 0.759. The zero-order chi connectivity index (χ0) is 16.5. The molecule has 2 saturated carbocycles. The summed E-state index contributed by atoms with van der Waals surface area (Å²) in [6.45, 7) is 0. The van der Waals surface area contributed by atoms with Crippen molar-refractivity contribution in [1.29, 1.82) is 0 Å². The molecule has 1 amide bonds. The van der Waals surface area contributed by atoms with E-state index < -0.39 is 5.91 Å². The molecule has 0 unspecified atom stereocenters. The smallest absolute Gasteiger partial charge is 0.254 e. The summed E-state index contributed by atoms with van der Waals surface area (Å²) < 4.78 is 0. The minimum Gasteiger partial charge on any atom is -0.367 e. The van der Waals surface area contributed by atoms with Crippen molar-refractivity contribution in [3.05, 3.63) is 41.6 Å². The molecular formula is C18H21N5O. The number of rotatable bonds is 6. The van der Waals surface area contributed by atoms with E-state index in [0.29, 0.717) is 23.4 Å². The predicted octanol–water partition coefficient (Wildman–Crippen LogP) is 3.16. The van der Waals surface area contributed by atoms with Crippen LogP contribution in [0.3, 0.4) is 0 Å². The van der Waals surface area contributed by atoms with Crippen LogP contribution in [0.2, 0.25) is 0 Å². The molecule has 4 rings (SSSR count). The van der Waals surface area contributed by atoms with Crippen molar-refractivity contribution in [2.24, 2.45) is 5.73 Å². The minimum absolute atomic E-state index is 0.330. The van der Waals surface area contributed by atoms with Crippen LogP contribution >= 0.6 is 0 Å². The third-order valence-electron chi connectivity index (χ3n) is 4.72. The summed E-state index contributed by atoms with van der Waals surface area (Å²) in [7, 11) is 0. The lowest BCUT2D eigenvalue weighted by atomic mass is 9.93. The summed E-state index contributed by atoms with van der Waals surface area (Å²) in [6, 6.07) is 8.73. The molecule has 6 heteroatoms. The van der Waals surface area contributed by atoms with E-state index in [1.54, 1.807) is 0 Å². The van der Waals surface area contributed by atoms with Gasteiger partial charge in [-0.15, -0.1) is 0 Å². The number of anilines is 3. The monoisotopic (exact) mass is 323 g/mol. The van der Waals surface area contributed by atoms with E-state index in [-0.39, 0.29) is 0 Å². The van der Waals surface area contributed by atoms with E-state index in [1.165, 1.54) is 31.0 Å². The summed E-state index contributed by atoms with van der Waals surface area (Å²) in [5, 5.41) is 6.49. The summed E-state index contributed by atoms with van der Waals surface area (Å²) >= 11 is 0. The molecule has 2 aliphatic rings. The maximum Gasteiger partial charge on any atom is 0.254 e. The molecule has 24 heavy (non-hydrogen) atoms. The van der Waals surface area contributed by atoms with Gasteiger partial charge in [0, 0.05) is 17.9 Å². The van der Waals surface area contributed by atoms with E-state index in [4.69, 9.17) is 5.73 Å². The first-order valence-corrected chi connectivity index (χ1v) is 8.49. The number of nitrogens with one attached hydrogen (secondary N) is 2. The molecule has 0 aliphatic heterocycles. The molecule has 2 aromatic rings. The molecule has 2 aliphatic carbocycles. The van der Waals surface area contributed by atoms with E-state index in [1.807, 2.05) is 12.1 Å². The van der Waals surface area contributed by atoms with Crippen molar-refractivity contribution in [1.82, 2.24) is 9.97 Å². The molecule has 4 N–H and O–H groups in total. The summed E-state index contributed by atoms with van der Waals surface area (Å²) in [4.78, 5) is 20.2. The topological polar surface area (TPSA) is 92.9 Å². The highest BCUT2D eigenvalue weighted by Crippen LogP contribution is 2.40. The first-order chi connectivity index (χ1) is 11.7. The number of carbonyl (C=O) groups is 1. The third kappa shape index (κ3) is 3.18. The fraction of sp³-hybridized carbons (Fsp3) is 0.389. The van der Waals surface area contributed by atoms with E-state index in [9.17, 15) is 4.79 Å². The molecule has 1 aromatic heterocycles. The van der Waals surface area contributed by atoms with Gasteiger partial charge < -0.3 is 16.4 Å². The van der Waals surface area contributed by atoms with Crippen LogP contribution in [0.4, 0.5) is 17.5 Å². The Kier molecular flexibility index (Phi) is 3.80. The van der Waals surface area contributed by atoms with Gasteiger partial charge in [-0.1, -0.05) is 12.1 Å². The lowest BCUT2D eigenvalue weighted by Crippen LogP contribution is -2.29. The maximum absolute atomic E-state index is 11.6. The maximum atomic E-state index is 11.6. The fourth-order valence-corrected chi connectivity index (χ4v) is 2.86. The first kappa shape index (κ1) is 14.9. The van der Waals surface area contributed by atoms with Crippen LogP contribution in [0.25, 0.3) is 0 Å². The first-order valence-electron chi connectivity index (χ1n) is 8.49. The number of amides is 1. The molecule has 0 atom stereocenters. The van der Waals surface area contributed by atoms with Crippen molar-refractivity contribution in [3.63, 3.8) is 0 Å². The van der Waals surface area contributed by atoms with Crippen LogP contribution in [0.1, 0.15) is 53.9 Å². The van der Waals surface area contributed by atoms with Gasteiger partial charge in [-0.3, -0.25) is 4.79 Å². The number of aromatic nitrogens is 2. The van der Waals surface area contributed by atoms with Crippen molar-refractivity contribution < 1.29 is 4.79 Å². The molecule has 0 bridgehead atoms. The van der Waals surface area contributed by atoms with Crippen LogP contribution in [-0.2, 0) is 0 Å². The highest BCUT2D eigenvalue weighted by molar-refractivity contribution is 5.97. The normalized spacial score (nSPS) is 17.2. The fourth-order valence-electron chi connectivity index (χ4n) is 2.86. The Labute approximate surface area is 140 Å². The Hall–Kier alpha value is -2.63. The third-order valence-corrected chi connectivity index (χ3v) is 4.72. The minimum atomic E-state index is -0.517. The van der Waals surface area contributed by atoms with Crippen molar-refractivity contribution in [2.45, 2.75) is 44.1 Å². The number of primary amides is 1. The number of hydrogen-bond acceptors (Lipinski definition) is 5. The van der Waals surface area contributed by atoms with E-state index in [0.717, 1.165) is 24.4 Å². The van der Waals surface area contributed by atoms with Crippen molar-refractivity contribution in [3.8, 4) is 0 Å². The number of carbonyl (C=O) groups excluding carboxylic acids is 1. The second kappa shape index (κ2) is 6.11. The molecular weight excluding hydrogens is 302 g/mol.